The van der Waals surface area contributed by atoms with E-state index in [1.807, 2.05) is 32.0 Å². The fourth-order valence-corrected chi connectivity index (χ4v) is 3.22. The van der Waals surface area contributed by atoms with Crippen LogP contribution in [-0.4, -0.2) is 31.7 Å². The molecule has 35 heavy (non-hydrogen) atoms. The Morgan fingerprint density at radius 3 is 2.46 bits per heavy atom. The summed E-state index contributed by atoms with van der Waals surface area (Å²) in [7, 11) is 1.56. The van der Waals surface area contributed by atoms with E-state index in [-0.39, 0.29) is 6.42 Å². The van der Waals surface area contributed by atoms with Crippen LogP contribution in [0.1, 0.15) is 30.0 Å². The van der Waals surface area contributed by atoms with Crippen molar-refractivity contribution in [1.29, 1.82) is 0 Å². The Kier molecular flexibility index (Phi) is 9.24. The number of rotatable bonds is 11. The van der Waals surface area contributed by atoms with Crippen LogP contribution < -0.4 is 25.0 Å². The van der Waals surface area contributed by atoms with Gasteiger partial charge in [-0.25, -0.2) is 5.43 Å². The predicted octanol–water partition coefficient (Wildman–Crippen LogP) is 4.46. The number of benzene rings is 3. The predicted molar refractivity (Wildman–Crippen MR) is 135 cm³/mol. The molecule has 0 bridgehead atoms. The number of hydrogen-bond acceptors (Lipinski definition) is 6. The minimum absolute atomic E-state index is 0.361. The van der Waals surface area contributed by atoms with Crippen LogP contribution in [0.4, 0.5) is 5.69 Å². The standard InChI is InChI=1S/C27H29N3O5/c1-4-34-23-11-9-22(10-12-23)29-26(31)16-27(32)30-28-17-20-8-13-24(25(15-20)33-3)35-18-21-7-5-6-19(2)14-21/h5-15,17H,4,16,18H2,1-3H3,(H,29,31)(H,30,32). The number of methoxy groups -OCH3 is 1. The molecule has 0 spiro atoms. The number of nitrogens with one attached hydrogen (secondary N) is 2. The maximum absolute atomic E-state index is 12.1. The summed E-state index contributed by atoms with van der Waals surface area (Å²) in [5.41, 5.74) is 5.86. The number of aryl methyl sites for hydroxylation is 1. The normalized spacial score (nSPS) is 10.6. The van der Waals surface area contributed by atoms with E-state index in [0.717, 1.165) is 5.56 Å². The van der Waals surface area contributed by atoms with E-state index >= 15 is 0 Å². The summed E-state index contributed by atoms with van der Waals surface area (Å²) in [6.07, 6.45) is 1.11. The first kappa shape index (κ1) is 25.3. The second kappa shape index (κ2) is 12.8. The fraction of sp³-hybridized carbons (Fsp3) is 0.222. The van der Waals surface area contributed by atoms with Crippen molar-refractivity contribution < 1.29 is 23.8 Å². The first-order valence-corrected chi connectivity index (χ1v) is 11.2. The topological polar surface area (TPSA) is 98.2 Å². The third-order valence-electron chi connectivity index (χ3n) is 4.84. The minimum atomic E-state index is -0.533. The molecule has 0 fully saturated rings. The van der Waals surface area contributed by atoms with E-state index < -0.39 is 11.8 Å². The molecule has 2 N–H and O–H groups in total. The van der Waals surface area contributed by atoms with Gasteiger partial charge in [0.25, 0.3) is 0 Å². The highest BCUT2D eigenvalue weighted by Gasteiger charge is 2.10. The SMILES string of the molecule is CCOc1ccc(NC(=O)CC(=O)NN=Cc2ccc(OCc3cccc(C)c3)c(OC)c2)cc1. The zero-order valence-corrected chi connectivity index (χ0v) is 20.0. The van der Waals surface area contributed by atoms with Crippen LogP contribution in [0.25, 0.3) is 0 Å². The molecule has 3 aromatic carbocycles. The van der Waals surface area contributed by atoms with E-state index in [0.29, 0.717) is 41.7 Å². The molecule has 0 unspecified atom stereocenters. The van der Waals surface area contributed by atoms with Crippen LogP contribution >= 0.6 is 0 Å². The molecule has 0 heterocycles. The summed E-state index contributed by atoms with van der Waals surface area (Å²) in [6, 6.07) is 20.3. The van der Waals surface area contributed by atoms with E-state index in [4.69, 9.17) is 14.2 Å². The summed E-state index contributed by atoms with van der Waals surface area (Å²) in [6.45, 7) is 4.90. The Balaban J connectivity index is 1.48. The molecule has 3 rings (SSSR count). The van der Waals surface area contributed by atoms with Crippen molar-refractivity contribution in [2.45, 2.75) is 26.9 Å². The molecule has 0 atom stereocenters. The van der Waals surface area contributed by atoms with E-state index in [9.17, 15) is 9.59 Å². The van der Waals surface area contributed by atoms with Gasteiger partial charge in [-0.3, -0.25) is 9.59 Å². The number of hydrogen-bond donors (Lipinski definition) is 2. The molecular weight excluding hydrogens is 446 g/mol. The average Bonchev–Trinajstić information content (AvgIpc) is 2.84. The molecule has 8 nitrogen and oxygen atoms in total. The Morgan fingerprint density at radius 1 is 0.943 bits per heavy atom. The van der Waals surface area contributed by atoms with Gasteiger partial charge in [-0.1, -0.05) is 29.8 Å². The summed E-state index contributed by atoms with van der Waals surface area (Å²) in [5, 5.41) is 6.59. The molecule has 0 saturated heterocycles. The molecule has 0 saturated carbocycles. The lowest BCUT2D eigenvalue weighted by molar-refractivity contribution is -0.126. The van der Waals surface area contributed by atoms with Gasteiger partial charge in [0, 0.05) is 5.69 Å². The van der Waals surface area contributed by atoms with Crippen LogP contribution in [-0.2, 0) is 16.2 Å². The fourth-order valence-electron chi connectivity index (χ4n) is 3.22. The second-order valence-electron chi connectivity index (χ2n) is 7.66. The molecule has 0 aromatic heterocycles. The smallest absolute Gasteiger partial charge is 0.249 e. The molecule has 0 radical (unpaired) electrons. The highest BCUT2D eigenvalue weighted by atomic mass is 16.5. The maximum atomic E-state index is 12.1. The second-order valence-corrected chi connectivity index (χ2v) is 7.66. The number of carbonyl (C=O) groups excluding carboxylic acids is 2. The van der Waals surface area contributed by atoms with Gasteiger partial charge in [0.1, 0.15) is 18.8 Å². The number of ether oxygens (including phenoxy) is 3. The van der Waals surface area contributed by atoms with Gasteiger partial charge in [-0.05, 0) is 67.4 Å². The van der Waals surface area contributed by atoms with Crippen LogP contribution in [0, 0.1) is 6.92 Å². The molecule has 3 aromatic rings. The molecule has 0 aliphatic rings. The molecule has 182 valence electrons. The van der Waals surface area contributed by atoms with Crippen LogP contribution in [0.2, 0.25) is 0 Å². The number of hydrazone groups is 1. The van der Waals surface area contributed by atoms with Crippen LogP contribution in [0.5, 0.6) is 17.2 Å². The van der Waals surface area contributed by atoms with Crippen molar-refractivity contribution in [2.24, 2.45) is 5.10 Å². The van der Waals surface area contributed by atoms with E-state index in [1.165, 1.54) is 11.8 Å². The average molecular weight is 476 g/mol. The maximum Gasteiger partial charge on any atom is 0.249 e. The summed E-state index contributed by atoms with van der Waals surface area (Å²) in [5.74, 6) is 0.872. The zero-order valence-electron chi connectivity index (χ0n) is 20.0. The lowest BCUT2D eigenvalue weighted by atomic mass is 10.1. The summed E-state index contributed by atoms with van der Waals surface area (Å²) < 4.78 is 16.7. The van der Waals surface area contributed by atoms with Gasteiger partial charge in [-0.2, -0.15) is 5.10 Å². The first-order valence-electron chi connectivity index (χ1n) is 11.2. The van der Waals surface area contributed by atoms with Gasteiger partial charge in [0.05, 0.1) is 19.9 Å². The van der Waals surface area contributed by atoms with Crippen molar-refractivity contribution >= 4 is 23.7 Å². The van der Waals surface area contributed by atoms with Crippen molar-refractivity contribution in [2.75, 3.05) is 19.0 Å². The number of nitrogens with zero attached hydrogens (tertiary/aromatic N) is 1. The quantitative estimate of drug-likeness (QED) is 0.242. The van der Waals surface area contributed by atoms with Crippen molar-refractivity contribution in [3.63, 3.8) is 0 Å². The van der Waals surface area contributed by atoms with Gasteiger partial charge in [-0.15, -0.1) is 0 Å². The number of carbonyl (C=O) groups is 2. The Bertz CT molecular complexity index is 1180. The lowest BCUT2D eigenvalue weighted by Crippen LogP contribution is -2.24. The van der Waals surface area contributed by atoms with Crippen molar-refractivity contribution in [3.05, 3.63) is 83.4 Å². The molecule has 2 amide bonds. The molecular formula is C27H29N3O5. The van der Waals surface area contributed by atoms with E-state index in [2.05, 4.69) is 21.9 Å². The van der Waals surface area contributed by atoms with Gasteiger partial charge in [0.15, 0.2) is 11.5 Å². The number of amides is 2. The first-order chi connectivity index (χ1) is 17.0. The Labute approximate surface area is 204 Å². The minimum Gasteiger partial charge on any atom is -0.494 e. The van der Waals surface area contributed by atoms with E-state index in [1.54, 1.807) is 49.6 Å². The third kappa shape index (κ3) is 8.19. The third-order valence-corrected chi connectivity index (χ3v) is 4.84. The largest absolute Gasteiger partial charge is 0.494 e. The van der Waals surface area contributed by atoms with Gasteiger partial charge in [0.2, 0.25) is 11.8 Å². The Morgan fingerprint density at radius 2 is 1.74 bits per heavy atom. The molecule has 8 heteroatoms. The molecule has 0 aliphatic carbocycles. The van der Waals surface area contributed by atoms with Crippen molar-refractivity contribution in [3.8, 4) is 17.2 Å². The Hall–Kier alpha value is -4.33. The highest BCUT2D eigenvalue weighted by molar-refractivity contribution is 6.03. The van der Waals surface area contributed by atoms with Crippen molar-refractivity contribution in [1.82, 2.24) is 5.43 Å². The van der Waals surface area contributed by atoms with Gasteiger partial charge < -0.3 is 19.5 Å². The molecule has 0 aliphatic heterocycles. The number of anilines is 1. The lowest BCUT2D eigenvalue weighted by Gasteiger charge is -2.11. The monoisotopic (exact) mass is 475 g/mol. The highest BCUT2D eigenvalue weighted by Crippen LogP contribution is 2.28. The zero-order chi connectivity index (χ0) is 25.0. The van der Waals surface area contributed by atoms with Crippen LogP contribution in [0.15, 0.2) is 71.8 Å². The summed E-state index contributed by atoms with van der Waals surface area (Å²) >= 11 is 0. The van der Waals surface area contributed by atoms with Crippen LogP contribution in [0.3, 0.4) is 0 Å². The summed E-state index contributed by atoms with van der Waals surface area (Å²) in [4.78, 5) is 24.1. The van der Waals surface area contributed by atoms with Gasteiger partial charge >= 0.3 is 0 Å².